The Morgan fingerprint density at radius 2 is 1.01 bits per heavy atom. The summed E-state index contributed by atoms with van der Waals surface area (Å²) < 4.78 is 5.74. The van der Waals surface area contributed by atoms with Crippen molar-refractivity contribution in [3.63, 3.8) is 0 Å². The summed E-state index contributed by atoms with van der Waals surface area (Å²) in [6.07, 6.45) is 4.12. The number of amides is 10. The molecule has 4 aromatic heterocycles. The summed E-state index contributed by atoms with van der Waals surface area (Å²) in [6.45, 7) is 0.459. The van der Waals surface area contributed by atoms with Gasteiger partial charge in [-0.2, -0.15) is 17.8 Å². The summed E-state index contributed by atoms with van der Waals surface area (Å²) in [5, 5.41) is 25.5. The van der Waals surface area contributed by atoms with Crippen LogP contribution in [0.4, 0.5) is 22.2 Å². The van der Waals surface area contributed by atoms with Crippen molar-refractivity contribution in [2.45, 2.75) is 55.0 Å². The number of ketones is 2. The number of carbonyl (C=O) groups excluding carboxylic acids is 12. The Bertz CT molecular complexity index is 5080. The van der Waals surface area contributed by atoms with Crippen LogP contribution < -0.4 is 19.6 Å². The van der Waals surface area contributed by atoms with E-state index in [0.29, 0.717) is 119 Å². The molecule has 5 aliphatic heterocycles. The van der Waals surface area contributed by atoms with Crippen LogP contribution in [-0.2, 0) is 42.2 Å². The number of tetrazole rings is 1. The second-order valence-corrected chi connectivity index (χ2v) is 27.6. The molecule has 0 saturated carbocycles. The van der Waals surface area contributed by atoms with Crippen molar-refractivity contribution in [1.82, 2.24) is 55.1 Å². The van der Waals surface area contributed by atoms with Gasteiger partial charge < -0.3 is 9.55 Å². The number of Topliss-reactive ketones (excluding diaryl/α,β-unsaturated/α-hetero) is 2. The maximum absolute atomic E-state index is 12.5. The third kappa shape index (κ3) is 15.4. The number of nitrogens with one attached hydrogen (secondary N) is 3. The molecule has 6 aliphatic rings. The minimum absolute atomic E-state index is 0.0564. The van der Waals surface area contributed by atoms with Crippen molar-refractivity contribution in [3.8, 4) is 5.69 Å². The highest BCUT2D eigenvalue weighted by atomic mass is 32.2. The zero-order valence-electron chi connectivity index (χ0n) is 52.8. The summed E-state index contributed by atoms with van der Waals surface area (Å²) >= 11 is 27.1. The molecule has 0 unspecified atom stereocenters. The van der Waals surface area contributed by atoms with E-state index in [1.807, 2.05) is 23.9 Å². The van der Waals surface area contributed by atoms with Crippen LogP contribution in [-0.4, -0.2) is 144 Å². The Hall–Kier alpha value is -10.3. The lowest BCUT2D eigenvalue weighted by atomic mass is 9.99. The van der Waals surface area contributed by atoms with Crippen molar-refractivity contribution < 1.29 is 57.5 Å². The van der Waals surface area contributed by atoms with Crippen LogP contribution >= 0.6 is 96.3 Å². The molecule has 35 heteroatoms. The molecule has 0 radical (unpaired) electrons. The van der Waals surface area contributed by atoms with Crippen LogP contribution in [0.25, 0.3) is 15.9 Å². The summed E-state index contributed by atoms with van der Waals surface area (Å²) in [5.41, 5.74) is 5.92. The van der Waals surface area contributed by atoms with E-state index in [0.717, 1.165) is 41.4 Å². The van der Waals surface area contributed by atoms with Crippen LogP contribution in [0.1, 0.15) is 106 Å². The molecule has 1 aliphatic carbocycles. The molecular formula is C66H53N15O12S8. The van der Waals surface area contributed by atoms with Crippen LogP contribution in [0.2, 0.25) is 0 Å². The SMILES string of the molecule is CSc1nnc(CC2C(=O)c3ccccc3C2=O)n1C.O=C1CCC(=O)N1CCS.O=C1CCC(=O)N1c1ccc2sc(=S)[nH]c2c1.O=C1CCC(=O)N1c1n[nH]c(=S)s1.O=C1c2ccccc2C(=O)N1c1ccc(S)cc1.O=C1c2ccccc2C(=O)N1c1cccc(-n2[nH]nnc2=S)c1. The van der Waals surface area contributed by atoms with Crippen molar-refractivity contribution in [3.05, 3.63) is 191 Å². The molecule has 3 fully saturated rings. The highest BCUT2D eigenvalue weighted by Crippen LogP contribution is 2.34. The second-order valence-electron chi connectivity index (χ2n) is 22.1. The quantitative estimate of drug-likeness (QED) is 0.0279. The van der Waals surface area contributed by atoms with Crippen LogP contribution in [0.3, 0.4) is 0 Å². The largest absolute Gasteiger partial charge is 0.337 e. The van der Waals surface area contributed by atoms with Gasteiger partial charge in [0.05, 0.1) is 61.1 Å². The van der Waals surface area contributed by atoms with E-state index < -0.39 is 5.92 Å². The van der Waals surface area contributed by atoms with Gasteiger partial charge in [0.2, 0.25) is 45.3 Å². The lowest BCUT2D eigenvalue weighted by Crippen LogP contribution is -2.30. The molecular weight excluding hydrogens is 1450 g/mol. The van der Waals surface area contributed by atoms with E-state index in [1.54, 1.807) is 133 Å². The van der Waals surface area contributed by atoms with Crippen molar-refractivity contribution in [1.29, 1.82) is 0 Å². The van der Waals surface area contributed by atoms with Gasteiger partial charge in [0.1, 0.15) is 5.82 Å². The van der Waals surface area contributed by atoms with E-state index in [2.05, 4.69) is 66.2 Å². The molecule has 0 atom stereocenters. The molecule has 10 amide bonds. The van der Waals surface area contributed by atoms with Gasteiger partial charge in [0, 0.05) is 80.3 Å². The number of likely N-dealkylation sites (tertiary alicyclic amines) is 1. The molecule has 16 rings (SSSR count). The number of aromatic nitrogens is 10. The number of rotatable bonds is 10. The Balaban J connectivity index is 0.000000124. The van der Waals surface area contributed by atoms with Gasteiger partial charge in [-0.05, 0) is 128 Å². The first-order chi connectivity index (χ1) is 48.6. The topological polar surface area (TPSA) is 343 Å². The average Bonchev–Trinajstić information content (AvgIpc) is 1.68. The Kier molecular flexibility index (Phi) is 22.5. The van der Waals surface area contributed by atoms with Gasteiger partial charge in [-0.1, -0.05) is 88.0 Å². The first-order valence-electron chi connectivity index (χ1n) is 30.4. The number of thiazole rings is 1. The van der Waals surface area contributed by atoms with Gasteiger partial charge in [0.15, 0.2) is 24.6 Å². The van der Waals surface area contributed by atoms with Crippen molar-refractivity contribution in [2.75, 3.05) is 38.2 Å². The monoisotopic (exact) mass is 1500 g/mol. The molecule has 6 aromatic carbocycles. The van der Waals surface area contributed by atoms with Gasteiger partial charge in [-0.15, -0.1) is 39.3 Å². The number of aromatic amines is 3. The normalized spacial score (nSPS) is 15.3. The molecule has 0 bridgehead atoms. The van der Waals surface area contributed by atoms with Gasteiger partial charge in [0.25, 0.3) is 23.6 Å². The van der Waals surface area contributed by atoms with Crippen LogP contribution in [0.5, 0.6) is 0 Å². The van der Waals surface area contributed by atoms with Crippen molar-refractivity contribution in [2.24, 2.45) is 13.0 Å². The number of carbonyl (C=O) groups is 12. The summed E-state index contributed by atoms with van der Waals surface area (Å²) in [4.78, 5) is 151. The van der Waals surface area contributed by atoms with Gasteiger partial charge in [-0.3, -0.25) is 72.4 Å². The zero-order valence-corrected chi connectivity index (χ0v) is 59.5. The van der Waals surface area contributed by atoms with Crippen LogP contribution in [0, 0.1) is 18.6 Å². The number of nitrogens with zero attached hydrogens (tertiary/aromatic N) is 12. The van der Waals surface area contributed by atoms with E-state index in [1.165, 1.54) is 42.5 Å². The van der Waals surface area contributed by atoms with Gasteiger partial charge >= 0.3 is 0 Å². The minimum atomic E-state index is -0.662. The highest BCUT2D eigenvalue weighted by Gasteiger charge is 2.41. The maximum atomic E-state index is 12.5. The molecule has 10 aromatic rings. The Morgan fingerprint density at radius 1 is 0.525 bits per heavy atom. The molecule has 512 valence electrons. The molecule has 27 nitrogen and oxygen atoms in total. The van der Waals surface area contributed by atoms with E-state index >= 15 is 0 Å². The fraction of sp³-hybridized carbons (Fsp3) is 0.182. The number of thioether (sulfide) groups is 1. The second kappa shape index (κ2) is 31.5. The first kappa shape index (κ1) is 72.0. The smallest absolute Gasteiger partial charge is 0.266 e. The van der Waals surface area contributed by atoms with E-state index in [-0.39, 0.29) is 88.3 Å². The maximum Gasteiger partial charge on any atom is 0.266 e. The molecule has 3 N–H and O–H groups in total. The summed E-state index contributed by atoms with van der Waals surface area (Å²) in [7, 11) is 1.85. The summed E-state index contributed by atoms with van der Waals surface area (Å²) in [5.74, 6) is -1.70. The lowest BCUT2D eigenvalue weighted by Gasteiger charge is -2.14. The first-order valence-corrected chi connectivity index (χ1v) is 35.5. The Labute approximate surface area is 610 Å². The van der Waals surface area contributed by atoms with Gasteiger partial charge in [-0.25, -0.2) is 19.4 Å². The highest BCUT2D eigenvalue weighted by molar-refractivity contribution is 7.98. The van der Waals surface area contributed by atoms with Crippen LogP contribution in [0.15, 0.2) is 150 Å². The number of imide groups is 5. The zero-order chi connectivity index (χ0) is 71.9. The number of anilines is 4. The lowest BCUT2D eigenvalue weighted by molar-refractivity contribution is -0.138. The molecule has 3 saturated heterocycles. The fourth-order valence-electron chi connectivity index (χ4n) is 11.1. The third-order valence-corrected chi connectivity index (χ3v) is 19.7. The number of H-pyrrole nitrogens is 3. The predicted molar refractivity (Wildman–Crippen MR) is 388 cm³/mol. The molecule has 9 heterocycles. The standard InChI is InChI=1S/C15H9N5O2S.C14H13N3O2S.C14H9NO2S.C11H8N2O2S2.C6H5N3O2S2.C6H9NO2S/c21-13-11-6-1-2-7-12(11)14(22)19(13)9-4-3-5-10(8-9)20-15(23)16-17-18-20;1-17-11(15-16-14(17)20-2)7-10-12(18)8-5-3-4-6-9(8)13(10)19;16-13-11-3-1-2-4-12(11)14(17)15(13)9-5-7-10(18)8-6-9;14-9-3-4-10(15)13(9)6-1-2-8-7(5-6)12-11(16)17-8;10-3-1-2-4(11)9(3)5-7-8-6(12)13-5;8-5-1-2-6(9)7(5)3-4-10/h1-8H,(H,16,18,23);3-6,10H,7H2,1-2H3;1-8,18H;1-2,5H,3-4H2,(H,12,16);1-2H2,(H,8,12);10H,1-4H2. The number of fused-ring (bicyclic) bond motifs is 4. The Morgan fingerprint density at radius 3 is 1.50 bits per heavy atom. The predicted octanol–water partition coefficient (Wildman–Crippen LogP) is 10.2. The molecule has 101 heavy (non-hydrogen) atoms. The van der Waals surface area contributed by atoms with Crippen molar-refractivity contribution >= 4 is 199 Å². The number of thiol groups is 2. The van der Waals surface area contributed by atoms with E-state index in [4.69, 9.17) is 36.7 Å². The van der Waals surface area contributed by atoms with E-state index in [9.17, 15) is 57.5 Å². The fourth-order valence-corrected chi connectivity index (χ4v) is 14.1. The average molecular weight is 1500 g/mol. The number of benzene rings is 6. The summed E-state index contributed by atoms with van der Waals surface area (Å²) in [6, 6.07) is 39.8. The minimum Gasteiger partial charge on any atom is -0.337 e. The number of hydrogen-bond donors (Lipinski definition) is 5. The molecule has 0 spiro atoms. The third-order valence-electron chi connectivity index (χ3n) is 16.0. The number of hydrogen-bond acceptors (Lipinski definition) is 25.